The lowest BCUT2D eigenvalue weighted by atomic mass is 9.91. The summed E-state index contributed by atoms with van der Waals surface area (Å²) < 4.78 is 10.9. The van der Waals surface area contributed by atoms with E-state index in [1.165, 1.54) is 5.56 Å². The molecule has 1 aromatic carbocycles. The average molecular weight is 237 g/mol. The van der Waals surface area contributed by atoms with Crippen LogP contribution >= 0.6 is 0 Å². The zero-order valence-electron chi connectivity index (χ0n) is 11.4. The molecule has 0 heterocycles. The van der Waals surface area contributed by atoms with Gasteiger partial charge in [0.15, 0.2) is 0 Å². The van der Waals surface area contributed by atoms with Crippen molar-refractivity contribution in [1.82, 2.24) is 0 Å². The molecule has 2 N–H and O–H groups in total. The van der Waals surface area contributed by atoms with Crippen molar-refractivity contribution in [1.29, 1.82) is 0 Å². The Kier molecular flexibility index (Phi) is 4.82. The van der Waals surface area contributed by atoms with Gasteiger partial charge in [-0.1, -0.05) is 13.8 Å². The van der Waals surface area contributed by atoms with Crippen molar-refractivity contribution < 1.29 is 9.47 Å². The van der Waals surface area contributed by atoms with Crippen LogP contribution in [0.3, 0.4) is 0 Å². The standard InChI is InChI=1S/C14H23NO2/c1-9(2)14-11(8-10(3)15)12(16-4)6-7-13(14)17-5/h6-7,9-10H,8,15H2,1-5H3. The Hall–Kier alpha value is -1.22. The van der Waals surface area contributed by atoms with Crippen LogP contribution in [-0.4, -0.2) is 20.3 Å². The van der Waals surface area contributed by atoms with E-state index in [0.717, 1.165) is 23.5 Å². The fourth-order valence-corrected chi connectivity index (χ4v) is 2.16. The summed E-state index contributed by atoms with van der Waals surface area (Å²) in [5.41, 5.74) is 8.27. The van der Waals surface area contributed by atoms with Crippen LogP contribution < -0.4 is 15.2 Å². The Morgan fingerprint density at radius 3 is 2.00 bits per heavy atom. The van der Waals surface area contributed by atoms with Gasteiger partial charge in [0.25, 0.3) is 0 Å². The molecule has 0 aromatic heterocycles. The monoisotopic (exact) mass is 237 g/mol. The fourth-order valence-electron chi connectivity index (χ4n) is 2.16. The number of nitrogens with two attached hydrogens (primary N) is 1. The summed E-state index contributed by atoms with van der Waals surface area (Å²) in [6.07, 6.45) is 0.799. The largest absolute Gasteiger partial charge is 0.496 e. The van der Waals surface area contributed by atoms with E-state index >= 15 is 0 Å². The van der Waals surface area contributed by atoms with Gasteiger partial charge in [0, 0.05) is 17.2 Å². The molecule has 3 nitrogen and oxygen atoms in total. The van der Waals surface area contributed by atoms with Gasteiger partial charge in [-0.05, 0) is 31.4 Å². The number of benzene rings is 1. The van der Waals surface area contributed by atoms with E-state index in [1.807, 2.05) is 19.1 Å². The van der Waals surface area contributed by atoms with Gasteiger partial charge in [-0.2, -0.15) is 0 Å². The third-order valence-corrected chi connectivity index (χ3v) is 2.82. The summed E-state index contributed by atoms with van der Waals surface area (Å²) >= 11 is 0. The predicted molar refractivity (Wildman–Crippen MR) is 71.0 cm³/mol. The molecule has 3 heteroatoms. The average Bonchev–Trinajstić information content (AvgIpc) is 2.27. The molecule has 1 unspecified atom stereocenters. The molecule has 1 rings (SSSR count). The van der Waals surface area contributed by atoms with Gasteiger partial charge in [0.1, 0.15) is 11.5 Å². The van der Waals surface area contributed by atoms with Gasteiger partial charge < -0.3 is 15.2 Å². The fraction of sp³-hybridized carbons (Fsp3) is 0.571. The zero-order chi connectivity index (χ0) is 13.0. The van der Waals surface area contributed by atoms with Gasteiger partial charge in [-0.15, -0.1) is 0 Å². The van der Waals surface area contributed by atoms with Crippen molar-refractivity contribution in [2.45, 2.75) is 39.2 Å². The summed E-state index contributed by atoms with van der Waals surface area (Å²) in [6, 6.07) is 4.01. The third-order valence-electron chi connectivity index (χ3n) is 2.82. The molecule has 0 bridgehead atoms. The maximum Gasteiger partial charge on any atom is 0.122 e. The summed E-state index contributed by atoms with van der Waals surface area (Å²) in [4.78, 5) is 0. The van der Waals surface area contributed by atoms with Crippen LogP contribution in [0.2, 0.25) is 0 Å². The molecular formula is C14H23NO2. The second kappa shape index (κ2) is 5.92. The highest BCUT2D eigenvalue weighted by molar-refractivity contribution is 5.50. The van der Waals surface area contributed by atoms with Crippen LogP contribution in [0.15, 0.2) is 12.1 Å². The normalized spacial score (nSPS) is 12.6. The first-order valence-corrected chi connectivity index (χ1v) is 6.00. The van der Waals surface area contributed by atoms with Gasteiger partial charge in [0.2, 0.25) is 0 Å². The van der Waals surface area contributed by atoms with Crippen LogP contribution in [0, 0.1) is 0 Å². The molecule has 0 aliphatic carbocycles. The van der Waals surface area contributed by atoms with Crippen molar-refractivity contribution in [2.75, 3.05) is 14.2 Å². The van der Waals surface area contributed by atoms with E-state index in [2.05, 4.69) is 13.8 Å². The van der Waals surface area contributed by atoms with E-state index in [9.17, 15) is 0 Å². The molecule has 0 saturated heterocycles. The Morgan fingerprint density at radius 2 is 1.59 bits per heavy atom. The number of ether oxygens (including phenoxy) is 2. The van der Waals surface area contributed by atoms with E-state index in [0.29, 0.717) is 5.92 Å². The van der Waals surface area contributed by atoms with Crippen LogP contribution in [0.1, 0.15) is 37.8 Å². The Bertz CT molecular complexity index is 373. The lowest BCUT2D eigenvalue weighted by molar-refractivity contribution is 0.391. The van der Waals surface area contributed by atoms with E-state index in [-0.39, 0.29) is 6.04 Å². The van der Waals surface area contributed by atoms with Gasteiger partial charge in [-0.25, -0.2) is 0 Å². The molecule has 96 valence electrons. The summed E-state index contributed by atoms with van der Waals surface area (Å²) in [5, 5.41) is 0. The van der Waals surface area contributed by atoms with Crippen LogP contribution in [0.25, 0.3) is 0 Å². The number of rotatable bonds is 5. The minimum absolute atomic E-state index is 0.105. The summed E-state index contributed by atoms with van der Waals surface area (Å²) in [5.74, 6) is 2.19. The molecule has 17 heavy (non-hydrogen) atoms. The highest BCUT2D eigenvalue weighted by Crippen LogP contribution is 2.36. The molecule has 0 amide bonds. The van der Waals surface area contributed by atoms with E-state index in [4.69, 9.17) is 15.2 Å². The van der Waals surface area contributed by atoms with Crippen molar-refractivity contribution in [3.05, 3.63) is 23.3 Å². The van der Waals surface area contributed by atoms with Crippen LogP contribution in [0.4, 0.5) is 0 Å². The number of hydrogen-bond donors (Lipinski definition) is 1. The topological polar surface area (TPSA) is 44.5 Å². The van der Waals surface area contributed by atoms with Crippen LogP contribution in [-0.2, 0) is 6.42 Å². The Balaban J connectivity index is 3.35. The molecule has 0 saturated carbocycles. The van der Waals surface area contributed by atoms with Crippen molar-refractivity contribution in [2.24, 2.45) is 5.73 Å². The molecule has 0 aliphatic rings. The van der Waals surface area contributed by atoms with Crippen molar-refractivity contribution >= 4 is 0 Å². The third kappa shape index (κ3) is 3.13. The Morgan fingerprint density at radius 1 is 1.06 bits per heavy atom. The lowest BCUT2D eigenvalue weighted by Gasteiger charge is -2.20. The van der Waals surface area contributed by atoms with Gasteiger partial charge >= 0.3 is 0 Å². The second-order valence-corrected chi connectivity index (χ2v) is 4.70. The zero-order valence-corrected chi connectivity index (χ0v) is 11.4. The van der Waals surface area contributed by atoms with Crippen molar-refractivity contribution in [3.8, 4) is 11.5 Å². The molecule has 0 radical (unpaired) electrons. The first-order chi connectivity index (χ1) is 8.01. The predicted octanol–water partition coefficient (Wildman–Crippen LogP) is 2.72. The maximum absolute atomic E-state index is 5.91. The smallest absolute Gasteiger partial charge is 0.122 e. The van der Waals surface area contributed by atoms with Gasteiger partial charge in [0.05, 0.1) is 14.2 Å². The molecule has 1 aromatic rings. The SMILES string of the molecule is COc1ccc(OC)c(C(C)C)c1CC(C)N. The summed E-state index contributed by atoms with van der Waals surface area (Å²) in [7, 11) is 3.39. The van der Waals surface area contributed by atoms with Crippen molar-refractivity contribution in [3.63, 3.8) is 0 Å². The minimum atomic E-state index is 0.105. The Labute approximate surface area is 104 Å². The number of methoxy groups -OCH3 is 2. The first-order valence-electron chi connectivity index (χ1n) is 6.00. The molecule has 0 aliphatic heterocycles. The molecule has 1 atom stereocenters. The van der Waals surface area contributed by atoms with E-state index in [1.54, 1.807) is 14.2 Å². The summed E-state index contributed by atoms with van der Waals surface area (Å²) in [6.45, 7) is 6.31. The second-order valence-electron chi connectivity index (χ2n) is 4.70. The quantitative estimate of drug-likeness (QED) is 0.856. The van der Waals surface area contributed by atoms with E-state index < -0.39 is 0 Å². The highest BCUT2D eigenvalue weighted by atomic mass is 16.5. The lowest BCUT2D eigenvalue weighted by Crippen LogP contribution is -2.19. The molecular weight excluding hydrogens is 214 g/mol. The molecule has 0 fully saturated rings. The minimum Gasteiger partial charge on any atom is -0.496 e. The highest BCUT2D eigenvalue weighted by Gasteiger charge is 2.18. The molecule has 0 spiro atoms. The van der Waals surface area contributed by atoms with Crippen LogP contribution in [0.5, 0.6) is 11.5 Å². The first kappa shape index (κ1) is 13.8. The maximum atomic E-state index is 5.91. The van der Waals surface area contributed by atoms with Gasteiger partial charge in [-0.3, -0.25) is 0 Å². The number of hydrogen-bond acceptors (Lipinski definition) is 3.